The first kappa shape index (κ1) is 18.0. The molecule has 2 aromatic rings. The molecule has 4 heterocycles. The molecule has 27 heavy (non-hydrogen) atoms. The topological polar surface area (TPSA) is 25.8 Å². The molecule has 0 unspecified atom stereocenters. The Bertz CT molecular complexity index is 1100. The lowest BCUT2D eigenvalue weighted by Gasteiger charge is -2.34. The van der Waals surface area contributed by atoms with Crippen LogP contribution in [0.3, 0.4) is 0 Å². The van der Waals surface area contributed by atoms with Crippen molar-refractivity contribution in [1.82, 2.24) is 14.3 Å². The van der Waals surface area contributed by atoms with Crippen molar-refractivity contribution in [3.63, 3.8) is 0 Å². The van der Waals surface area contributed by atoms with Crippen LogP contribution in [0.4, 0.5) is 8.63 Å². The zero-order valence-corrected chi connectivity index (χ0v) is 17.0. The third-order valence-corrected chi connectivity index (χ3v) is 5.87. The number of hydrogen-bond donors (Lipinski definition) is 0. The van der Waals surface area contributed by atoms with Gasteiger partial charge in [-0.3, -0.25) is 4.68 Å². The third kappa shape index (κ3) is 2.14. The van der Waals surface area contributed by atoms with E-state index < -0.39 is 6.97 Å². The number of halogens is 2. The Hall–Kier alpha value is -2.44. The van der Waals surface area contributed by atoms with Crippen LogP contribution in [0.2, 0.25) is 0 Å². The summed E-state index contributed by atoms with van der Waals surface area (Å²) in [5.41, 5.74) is 7.87. The minimum absolute atomic E-state index is 0.583. The van der Waals surface area contributed by atoms with Crippen LogP contribution in [-0.4, -0.2) is 31.4 Å². The van der Waals surface area contributed by atoms with Crippen LogP contribution in [0.5, 0.6) is 0 Å². The Morgan fingerprint density at radius 1 is 1.11 bits per heavy atom. The highest BCUT2D eigenvalue weighted by molar-refractivity contribution is 6.58. The molecule has 0 fully saturated rings. The zero-order valence-electron chi connectivity index (χ0n) is 17.0. The van der Waals surface area contributed by atoms with Gasteiger partial charge >= 0.3 is 6.97 Å². The molecule has 0 spiro atoms. The van der Waals surface area contributed by atoms with Crippen molar-refractivity contribution in [2.75, 3.05) is 0 Å². The van der Waals surface area contributed by atoms with E-state index in [0.29, 0.717) is 22.8 Å². The van der Waals surface area contributed by atoms with Gasteiger partial charge in [0.2, 0.25) is 0 Å². The fourth-order valence-electron chi connectivity index (χ4n) is 4.90. The third-order valence-electron chi connectivity index (χ3n) is 5.87. The Kier molecular flexibility index (Phi) is 3.68. The summed E-state index contributed by atoms with van der Waals surface area (Å²) < 4.78 is 35.7. The molecule has 2 aromatic heterocycles. The summed E-state index contributed by atoms with van der Waals surface area (Å²) in [7, 11) is 0. The fourth-order valence-corrected chi connectivity index (χ4v) is 4.90. The molecule has 0 amide bonds. The second-order valence-electron chi connectivity index (χ2n) is 7.70. The number of aryl methyl sites for hydroxylation is 4. The summed E-state index contributed by atoms with van der Waals surface area (Å²) in [6.45, 7) is 10.2. The number of hydrogen-bond acceptors (Lipinski definition) is 1. The highest BCUT2D eigenvalue weighted by Crippen LogP contribution is 2.45. The van der Waals surface area contributed by atoms with E-state index in [2.05, 4.69) is 5.10 Å². The summed E-state index contributed by atoms with van der Waals surface area (Å²) in [4.78, 5) is 0. The Labute approximate surface area is 158 Å². The number of allylic oxidation sites excluding steroid dienone is 2. The van der Waals surface area contributed by atoms with E-state index in [0.717, 1.165) is 40.2 Å². The van der Waals surface area contributed by atoms with Gasteiger partial charge in [0.1, 0.15) is 5.71 Å². The minimum Gasteiger partial charge on any atom is -0.393 e. The predicted molar refractivity (Wildman–Crippen MR) is 105 cm³/mol. The summed E-state index contributed by atoms with van der Waals surface area (Å²) in [5.74, 6) is 0. The quantitative estimate of drug-likeness (QED) is 0.721. The largest absolute Gasteiger partial charge is 0.737 e. The standard InChI is InChI=1S/C20H25BF2N4/c1-8-25-16(7)17(15(6)24-25)18-19-11(2)9-13(4)26(19)21(22,23)27-14(5)10-12(3)20(18)27/h9-10H,8H2,1-7H3. The number of rotatable bonds is 2. The first-order chi connectivity index (χ1) is 12.6. The maximum Gasteiger partial charge on any atom is 0.737 e. The molecule has 0 saturated carbocycles. The second kappa shape index (κ2) is 5.53. The van der Waals surface area contributed by atoms with Gasteiger partial charge in [0.15, 0.2) is 5.70 Å². The molecule has 0 saturated heterocycles. The fraction of sp³-hybridized carbons (Fsp3) is 0.400. The van der Waals surface area contributed by atoms with Crippen LogP contribution in [-0.2, 0) is 6.54 Å². The molecule has 0 atom stereocenters. The van der Waals surface area contributed by atoms with Gasteiger partial charge in [-0.15, -0.1) is 0 Å². The van der Waals surface area contributed by atoms with Crippen LogP contribution in [0.1, 0.15) is 54.7 Å². The van der Waals surface area contributed by atoms with Gasteiger partial charge in [0.25, 0.3) is 0 Å². The van der Waals surface area contributed by atoms with Gasteiger partial charge in [-0.05, 0) is 58.9 Å². The minimum atomic E-state index is -3.94. The first-order valence-corrected chi connectivity index (χ1v) is 9.42. The lowest BCUT2D eigenvalue weighted by molar-refractivity contribution is -0.363. The number of aromatic nitrogens is 3. The Balaban J connectivity index is 2.21. The van der Waals surface area contributed by atoms with Crippen LogP contribution < -0.4 is 0 Å². The van der Waals surface area contributed by atoms with Gasteiger partial charge in [0, 0.05) is 42.1 Å². The van der Waals surface area contributed by atoms with Crippen molar-refractivity contribution in [3.05, 3.63) is 57.3 Å². The van der Waals surface area contributed by atoms with Crippen molar-refractivity contribution in [1.29, 1.82) is 0 Å². The van der Waals surface area contributed by atoms with Crippen LogP contribution in [0.15, 0.2) is 23.4 Å². The molecule has 0 bridgehead atoms. The molecule has 7 heteroatoms. The molecular weight excluding hydrogens is 345 g/mol. The lowest BCUT2D eigenvalue weighted by atomic mass is 9.83. The van der Waals surface area contributed by atoms with Gasteiger partial charge < -0.3 is 17.6 Å². The molecule has 0 aromatic carbocycles. The summed E-state index contributed by atoms with van der Waals surface area (Å²) in [6.07, 6.45) is 1.86. The van der Waals surface area contributed by atoms with E-state index in [1.165, 1.54) is 8.96 Å². The van der Waals surface area contributed by atoms with E-state index in [-0.39, 0.29) is 0 Å². The van der Waals surface area contributed by atoms with E-state index in [9.17, 15) is 0 Å². The lowest BCUT2D eigenvalue weighted by Crippen LogP contribution is -2.51. The van der Waals surface area contributed by atoms with E-state index in [1.54, 1.807) is 13.8 Å². The molecule has 142 valence electrons. The summed E-state index contributed by atoms with van der Waals surface area (Å²) >= 11 is 0. The van der Waals surface area contributed by atoms with Gasteiger partial charge in [-0.25, -0.2) is 0 Å². The van der Waals surface area contributed by atoms with Gasteiger partial charge in [0.05, 0.1) is 11.3 Å². The average Bonchev–Trinajstić information content (AvgIpc) is 3.14. The van der Waals surface area contributed by atoms with Crippen molar-refractivity contribution >= 4 is 18.3 Å². The van der Waals surface area contributed by atoms with E-state index in [4.69, 9.17) is 0 Å². The highest BCUT2D eigenvalue weighted by atomic mass is 19.2. The Morgan fingerprint density at radius 2 is 1.78 bits per heavy atom. The molecule has 2 aliphatic rings. The predicted octanol–water partition coefficient (Wildman–Crippen LogP) is 4.37. The molecular formula is C20H25BF2N4. The number of fused-ring (bicyclic) bond motifs is 2. The second-order valence-corrected chi connectivity index (χ2v) is 7.70. The molecule has 0 N–H and O–H groups in total. The average molecular weight is 370 g/mol. The number of nitrogens with zero attached hydrogens (tertiary/aromatic N) is 4. The normalized spacial score (nSPS) is 18.2. The van der Waals surface area contributed by atoms with Gasteiger partial charge in [-0.1, -0.05) is 0 Å². The molecule has 2 aliphatic heterocycles. The highest BCUT2D eigenvalue weighted by Gasteiger charge is 2.55. The smallest absolute Gasteiger partial charge is 0.393 e. The maximum absolute atomic E-state index is 15.7. The molecule has 4 rings (SSSR count). The van der Waals surface area contributed by atoms with Crippen molar-refractivity contribution in [2.24, 2.45) is 0 Å². The van der Waals surface area contributed by atoms with Crippen molar-refractivity contribution in [2.45, 2.75) is 55.0 Å². The van der Waals surface area contributed by atoms with Crippen molar-refractivity contribution in [3.8, 4) is 0 Å². The Morgan fingerprint density at radius 3 is 2.37 bits per heavy atom. The van der Waals surface area contributed by atoms with Crippen LogP contribution in [0, 0.1) is 27.7 Å². The van der Waals surface area contributed by atoms with Crippen molar-refractivity contribution < 1.29 is 13.1 Å². The molecule has 0 aliphatic carbocycles. The van der Waals surface area contributed by atoms with E-state index in [1.807, 2.05) is 51.4 Å². The van der Waals surface area contributed by atoms with Gasteiger partial charge in [-0.2, -0.15) is 5.10 Å². The first-order valence-electron chi connectivity index (χ1n) is 9.42. The maximum atomic E-state index is 15.7. The molecule has 4 nitrogen and oxygen atoms in total. The summed E-state index contributed by atoms with van der Waals surface area (Å²) in [5, 5.41) is 4.65. The monoisotopic (exact) mass is 370 g/mol. The van der Waals surface area contributed by atoms with Crippen LogP contribution >= 0.6 is 0 Å². The summed E-state index contributed by atoms with van der Waals surface area (Å²) in [6, 6.07) is 1.86. The van der Waals surface area contributed by atoms with E-state index >= 15 is 8.63 Å². The SMILES string of the molecule is CCn1nc(C)c(C2=C3C(C)=CC(C)=[N+]3[B-](F)(F)n3c(C)cc(C)c32)c1C. The van der Waals surface area contributed by atoms with Crippen LogP contribution in [0.25, 0.3) is 5.57 Å². The zero-order chi connectivity index (χ0) is 19.8. The molecule has 0 radical (unpaired) electrons.